The predicted molar refractivity (Wildman–Crippen MR) is 97.8 cm³/mol. The molecule has 0 unspecified atom stereocenters. The van der Waals surface area contributed by atoms with E-state index < -0.39 is 0 Å². The van der Waals surface area contributed by atoms with Crippen LogP contribution in [0.25, 0.3) is 5.69 Å². The Morgan fingerprint density at radius 2 is 1.92 bits per heavy atom. The van der Waals surface area contributed by atoms with Crippen LogP contribution in [0.4, 0.5) is 0 Å². The molecule has 0 bridgehead atoms. The van der Waals surface area contributed by atoms with E-state index in [9.17, 15) is 4.79 Å². The SMILES string of the molecule is Cc1cccc(-n2nnnc2SCC(=O)c2ccc(Br)cc2)c1C. The molecule has 0 aliphatic rings. The molecule has 0 fully saturated rings. The van der Waals surface area contributed by atoms with Gasteiger partial charge < -0.3 is 0 Å². The van der Waals surface area contributed by atoms with Crippen LogP contribution < -0.4 is 0 Å². The van der Waals surface area contributed by atoms with Crippen molar-refractivity contribution in [3.8, 4) is 5.69 Å². The van der Waals surface area contributed by atoms with Gasteiger partial charge in [-0.1, -0.05) is 52.0 Å². The van der Waals surface area contributed by atoms with Crippen molar-refractivity contribution in [3.63, 3.8) is 0 Å². The summed E-state index contributed by atoms with van der Waals surface area (Å²) in [4.78, 5) is 12.3. The maximum atomic E-state index is 12.3. The van der Waals surface area contributed by atoms with E-state index in [1.54, 1.807) is 16.8 Å². The van der Waals surface area contributed by atoms with E-state index in [2.05, 4.69) is 31.5 Å². The molecule has 3 aromatic rings. The number of hydrogen-bond acceptors (Lipinski definition) is 5. The number of tetrazole rings is 1. The molecule has 24 heavy (non-hydrogen) atoms. The minimum absolute atomic E-state index is 0.0445. The molecule has 1 aromatic heterocycles. The number of aromatic nitrogens is 4. The van der Waals surface area contributed by atoms with Gasteiger partial charge in [0.15, 0.2) is 5.78 Å². The number of thioether (sulfide) groups is 1. The van der Waals surface area contributed by atoms with Crippen molar-refractivity contribution < 1.29 is 4.79 Å². The van der Waals surface area contributed by atoms with Gasteiger partial charge >= 0.3 is 0 Å². The van der Waals surface area contributed by atoms with E-state index >= 15 is 0 Å². The standard InChI is InChI=1S/C17H15BrN4OS/c1-11-4-3-5-15(12(11)2)22-17(19-20-21-22)24-10-16(23)13-6-8-14(18)9-7-13/h3-9H,10H2,1-2H3. The first kappa shape index (κ1) is 16.9. The van der Waals surface area contributed by atoms with Crippen molar-refractivity contribution in [2.24, 2.45) is 0 Å². The van der Waals surface area contributed by atoms with Crippen molar-refractivity contribution in [2.75, 3.05) is 5.75 Å². The fourth-order valence-corrected chi connectivity index (χ4v) is 3.28. The summed E-state index contributed by atoms with van der Waals surface area (Å²) in [7, 11) is 0. The molecule has 2 aromatic carbocycles. The molecule has 7 heteroatoms. The average molecular weight is 403 g/mol. The monoisotopic (exact) mass is 402 g/mol. The van der Waals surface area contributed by atoms with Gasteiger partial charge in [0.05, 0.1) is 11.4 Å². The molecule has 5 nitrogen and oxygen atoms in total. The Balaban J connectivity index is 1.78. The first-order valence-electron chi connectivity index (χ1n) is 7.33. The number of hydrogen-bond donors (Lipinski definition) is 0. The van der Waals surface area contributed by atoms with Gasteiger partial charge in [-0.2, -0.15) is 4.68 Å². The highest BCUT2D eigenvalue weighted by atomic mass is 79.9. The summed E-state index contributed by atoms with van der Waals surface area (Å²) in [5.74, 6) is 0.329. The fourth-order valence-electron chi connectivity index (χ4n) is 2.23. The van der Waals surface area contributed by atoms with Crippen LogP contribution in [0.5, 0.6) is 0 Å². The Morgan fingerprint density at radius 1 is 1.17 bits per heavy atom. The zero-order valence-corrected chi connectivity index (χ0v) is 15.6. The summed E-state index contributed by atoms with van der Waals surface area (Å²) in [6, 6.07) is 13.3. The largest absolute Gasteiger partial charge is 0.293 e. The van der Waals surface area contributed by atoms with Crippen LogP contribution >= 0.6 is 27.7 Å². The fraction of sp³-hybridized carbons (Fsp3) is 0.176. The van der Waals surface area contributed by atoms with Crippen molar-refractivity contribution in [3.05, 3.63) is 63.6 Å². The van der Waals surface area contributed by atoms with Crippen LogP contribution in [0, 0.1) is 13.8 Å². The normalized spacial score (nSPS) is 10.8. The smallest absolute Gasteiger partial charge is 0.214 e. The van der Waals surface area contributed by atoms with Crippen LogP contribution in [0.3, 0.4) is 0 Å². The van der Waals surface area contributed by atoms with Crippen molar-refractivity contribution in [2.45, 2.75) is 19.0 Å². The molecular formula is C17H15BrN4OS. The second kappa shape index (κ2) is 7.27. The van der Waals surface area contributed by atoms with Gasteiger partial charge in [0.25, 0.3) is 0 Å². The van der Waals surface area contributed by atoms with Crippen LogP contribution in [-0.4, -0.2) is 31.7 Å². The lowest BCUT2D eigenvalue weighted by molar-refractivity contribution is 0.102. The summed E-state index contributed by atoms with van der Waals surface area (Å²) in [5, 5.41) is 12.5. The van der Waals surface area contributed by atoms with Crippen LogP contribution in [0.1, 0.15) is 21.5 Å². The quantitative estimate of drug-likeness (QED) is 0.476. The lowest BCUT2D eigenvalue weighted by Crippen LogP contribution is -2.06. The summed E-state index contributed by atoms with van der Waals surface area (Å²) >= 11 is 4.70. The maximum Gasteiger partial charge on any atom is 0.214 e. The minimum atomic E-state index is 0.0445. The number of aryl methyl sites for hydroxylation is 1. The van der Waals surface area contributed by atoms with Crippen LogP contribution in [-0.2, 0) is 0 Å². The Labute approximate surface area is 152 Å². The molecule has 3 rings (SSSR count). The van der Waals surface area contributed by atoms with Gasteiger partial charge in [0.1, 0.15) is 0 Å². The number of halogens is 1. The summed E-state index contributed by atoms with van der Waals surface area (Å²) < 4.78 is 2.63. The Kier molecular flexibility index (Phi) is 5.11. The average Bonchev–Trinajstić information content (AvgIpc) is 3.04. The maximum absolute atomic E-state index is 12.3. The second-order valence-corrected chi connectivity index (χ2v) is 7.17. The van der Waals surface area contributed by atoms with Gasteiger partial charge in [-0.15, -0.1) is 5.10 Å². The van der Waals surface area contributed by atoms with Crippen LogP contribution in [0.2, 0.25) is 0 Å². The summed E-state index contributed by atoms with van der Waals surface area (Å²) in [5.41, 5.74) is 3.89. The molecule has 122 valence electrons. The van der Waals surface area contributed by atoms with Crippen molar-refractivity contribution in [1.29, 1.82) is 0 Å². The summed E-state index contributed by atoms with van der Waals surface area (Å²) in [6.07, 6.45) is 0. The zero-order chi connectivity index (χ0) is 17.1. The number of ketones is 1. The molecular weight excluding hydrogens is 388 g/mol. The van der Waals surface area contributed by atoms with Gasteiger partial charge in [-0.05, 0) is 53.6 Å². The third-order valence-corrected chi connectivity index (χ3v) is 5.19. The lowest BCUT2D eigenvalue weighted by Gasteiger charge is -2.09. The molecule has 0 aliphatic heterocycles. The topological polar surface area (TPSA) is 60.7 Å². The van der Waals surface area contributed by atoms with Crippen molar-refractivity contribution in [1.82, 2.24) is 20.2 Å². The van der Waals surface area contributed by atoms with Crippen LogP contribution in [0.15, 0.2) is 52.1 Å². The van der Waals surface area contributed by atoms with E-state index in [-0.39, 0.29) is 11.5 Å². The Hall–Kier alpha value is -1.99. The first-order chi connectivity index (χ1) is 11.6. The molecule has 0 N–H and O–H groups in total. The number of nitrogens with zero attached hydrogens (tertiary/aromatic N) is 4. The minimum Gasteiger partial charge on any atom is -0.293 e. The first-order valence-corrected chi connectivity index (χ1v) is 9.10. The third kappa shape index (κ3) is 3.57. The molecule has 0 aliphatic carbocycles. The van der Waals surface area contributed by atoms with Gasteiger partial charge in [-0.3, -0.25) is 4.79 Å². The molecule has 0 spiro atoms. The van der Waals surface area contributed by atoms with Gasteiger partial charge in [0.2, 0.25) is 5.16 Å². The number of carbonyl (C=O) groups is 1. The highest BCUT2D eigenvalue weighted by Gasteiger charge is 2.14. The zero-order valence-electron chi connectivity index (χ0n) is 13.2. The van der Waals surface area contributed by atoms with E-state index in [0.717, 1.165) is 15.7 Å². The highest BCUT2D eigenvalue weighted by Crippen LogP contribution is 2.23. The number of Topliss-reactive ketones (excluding diaryl/α,β-unsaturated/α-hetero) is 1. The number of rotatable bonds is 5. The highest BCUT2D eigenvalue weighted by molar-refractivity contribution is 9.10. The second-order valence-electron chi connectivity index (χ2n) is 5.31. The number of carbonyl (C=O) groups excluding carboxylic acids is 1. The molecule has 1 heterocycles. The van der Waals surface area contributed by atoms with E-state index in [0.29, 0.717) is 10.7 Å². The molecule has 0 radical (unpaired) electrons. The van der Waals surface area contributed by atoms with E-state index in [1.165, 1.54) is 17.3 Å². The predicted octanol–water partition coefficient (Wildman–Crippen LogP) is 4.02. The molecule has 0 atom stereocenters. The van der Waals surface area contributed by atoms with Gasteiger partial charge in [-0.25, -0.2) is 0 Å². The van der Waals surface area contributed by atoms with Crippen molar-refractivity contribution >= 4 is 33.5 Å². The molecule has 0 amide bonds. The van der Waals surface area contributed by atoms with E-state index in [1.807, 2.05) is 44.2 Å². The lowest BCUT2D eigenvalue weighted by atomic mass is 10.1. The van der Waals surface area contributed by atoms with E-state index in [4.69, 9.17) is 0 Å². The Bertz CT molecular complexity index is 877. The summed E-state index contributed by atoms with van der Waals surface area (Å²) in [6.45, 7) is 4.08. The number of benzene rings is 2. The third-order valence-electron chi connectivity index (χ3n) is 3.74. The van der Waals surface area contributed by atoms with Gasteiger partial charge in [0, 0.05) is 10.0 Å². The molecule has 0 saturated heterocycles. The molecule has 0 saturated carbocycles. The Morgan fingerprint density at radius 3 is 2.67 bits per heavy atom.